The quantitative estimate of drug-likeness (QED) is 0.506. The van der Waals surface area contributed by atoms with Crippen LogP contribution in [0.2, 0.25) is 0 Å². The molecule has 1 aromatic rings. The highest BCUT2D eigenvalue weighted by molar-refractivity contribution is 7.89. The Labute approximate surface area is 190 Å². The van der Waals surface area contributed by atoms with Crippen molar-refractivity contribution in [2.75, 3.05) is 53.4 Å². The van der Waals surface area contributed by atoms with Crippen molar-refractivity contribution in [3.8, 4) is 5.75 Å². The summed E-state index contributed by atoms with van der Waals surface area (Å²) in [7, 11) is -4.03. The predicted molar refractivity (Wildman–Crippen MR) is 120 cm³/mol. The summed E-state index contributed by atoms with van der Waals surface area (Å²) in [5, 5.41) is 2.79. The lowest BCUT2D eigenvalue weighted by atomic mass is 9.99. The maximum absolute atomic E-state index is 12.5. The fourth-order valence-electron chi connectivity index (χ4n) is 3.87. The fraction of sp³-hybridized carbons (Fsp3) is 0.650. The Morgan fingerprint density at radius 3 is 2.28 bits per heavy atom. The molecule has 0 spiro atoms. The molecule has 32 heavy (non-hydrogen) atoms. The third-order valence-corrected chi connectivity index (χ3v) is 9.56. The number of amides is 1. The van der Waals surface area contributed by atoms with Crippen molar-refractivity contribution in [1.82, 2.24) is 18.2 Å². The minimum absolute atomic E-state index is 0.167. The zero-order chi connectivity index (χ0) is 23.4. The maximum atomic E-state index is 12.5. The van der Waals surface area contributed by atoms with Crippen LogP contribution in [-0.4, -0.2) is 89.1 Å². The molecule has 2 aliphatic rings. The van der Waals surface area contributed by atoms with E-state index in [9.17, 15) is 21.6 Å². The highest BCUT2D eigenvalue weighted by Crippen LogP contribution is 2.23. The summed E-state index contributed by atoms with van der Waals surface area (Å²) < 4.78 is 59.3. The minimum atomic E-state index is -3.53. The molecule has 0 radical (unpaired) electrons. The van der Waals surface area contributed by atoms with Gasteiger partial charge in [-0.25, -0.2) is 8.42 Å². The number of sulfonamides is 1. The molecule has 0 saturated carbocycles. The molecule has 2 aliphatic heterocycles. The third kappa shape index (κ3) is 5.79. The first-order valence-corrected chi connectivity index (χ1v) is 13.6. The standard InChI is InChI=1S/C20H32N4O6S2/c1-22(2)32(28,29)24-14-5-6-17(16-24)20(25)21-11-15-30-18-7-9-19(10-8-18)31(26,27)23-12-3-4-13-23/h7-10,17H,3-6,11-16H2,1-2H3,(H,21,25)/t17-/m0/s1. The van der Waals surface area contributed by atoms with Gasteiger partial charge in [0.25, 0.3) is 10.2 Å². The summed E-state index contributed by atoms with van der Waals surface area (Å²) in [6.45, 7) is 2.18. The molecule has 2 fully saturated rings. The molecule has 10 nitrogen and oxygen atoms in total. The molecule has 0 bridgehead atoms. The van der Waals surface area contributed by atoms with Gasteiger partial charge in [0.1, 0.15) is 12.4 Å². The average molecular weight is 489 g/mol. The summed E-state index contributed by atoms with van der Waals surface area (Å²) in [5.41, 5.74) is 0. The van der Waals surface area contributed by atoms with E-state index in [-0.39, 0.29) is 30.5 Å². The van der Waals surface area contributed by atoms with Gasteiger partial charge >= 0.3 is 0 Å². The molecular formula is C20H32N4O6S2. The van der Waals surface area contributed by atoms with Crippen LogP contribution >= 0.6 is 0 Å². The van der Waals surface area contributed by atoms with E-state index in [4.69, 9.17) is 4.74 Å². The lowest BCUT2D eigenvalue weighted by Gasteiger charge is -2.32. The SMILES string of the molecule is CN(C)S(=O)(=O)N1CCC[C@H](C(=O)NCCOc2ccc(S(=O)(=O)N3CCCC3)cc2)C1. The lowest BCUT2D eigenvalue weighted by Crippen LogP contribution is -2.49. The Morgan fingerprint density at radius 2 is 1.66 bits per heavy atom. The number of carbonyl (C=O) groups is 1. The number of hydrogen-bond donors (Lipinski definition) is 1. The summed E-state index contributed by atoms with van der Waals surface area (Å²) in [4.78, 5) is 12.7. The molecule has 180 valence electrons. The molecule has 1 N–H and O–H groups in total. The Balaban J connectivity index is 1.44. The van der Waals surface area contributed by atoms with Gasteiger partial charge in [0.15, 0.2) is 0 Å². The van der Waals surface area contributed by atoms with E-state index in [0.717, 1.165) is 17.1 Å². The highest BCUT2D eigenvalue weighted by atomic mass is 32.2. The number of rotatable bonds is 9. The van der Waals surface area contributed by atoms with Crippen LogP contribution in [0.5, 0.6) is 5.75 Å². The second kappa shape index (κ2) is 10.5. The fourth-order valence-corrected chi connectivity index (χ4v) is 6.58. The second-order valence-electron chi connectivity index (χ2n) is 8.21. The molecule has 1 aromatic carbocycles. The summed E-state index contributed by atoms with van der Waals surface area (Å²) in [6, 6.07) is 6.28. The van der Waals surface area contributed by atoms with E-state index in [1.54, 1.807) is 12.1 Å². The summed E-state index contributed by atoms with van der Waals surface area (Å²) in [6.07, 6.45) is 3.04. The maximum Gasteiger partial charge on any atom is 0.281 e. The van der Waals surface area contributed by atoms with Crippen LogP contribution in [0.4, 0.5) is 0 Å². The van der Waals surface area contributed by atoms with E-state index >= 15 is 0 Å². The molecule has 2 heterocycles. The number of nitrogens with one attached hydrogen (secondary N) is 1. The Bertz CT molecular complexity index is 989. The first kappa shape index (κ1) is 24.9. The smallest absolute Gasteiger partial charge is 0.281 e. The van der Waals surface area contributed by atoms with Crippen LogP contribution < -0.4 is 10.1 Å². The normalized spacial score (nSPS) is 21.0. The van der Waals surface area contributed by atoms with E-state index < -0.39 is 26.2 Å². The van der Waals surface area contributed by atoms with Crippen molar-refractivity contribution >= 4 is 26.1 Å². The van der Waals surface area contributed by atoms with Crippen molar-refractivity contribution < 1.29 is 26.4 Å². The van der Waals surface area contributed by atoms with Gasteiger partial charge in [-0.1, -0.05) is 0 Å². The van der Waals surface area contributed by atoms with Gasteiger partial charge in [0.05, 0.1) is 17.4 Å². The monoisotopic (exact) mass is 488 g/mol. The van der Waals surface area contributed by atoms with Gasteiger partial charge in [-0.2, -0.15) is 21.3 Å². The van der Waals surface area contributed by atoms with Crippen LogP contribution in [0.15, 0.2) is 29.2 Å². The first-order chi connectivity index (χ1) is 15.1. The van der Waals surface area contributed by atoms with Crippen molar-refractivity contribution in [3.63, 3.8) is 0 Å². The van der Waals surface area contributed by atoms with Crippen LogP contribution in [0.3, 0.4) is 0 Å². The van der Waals surface area contributed by atoms with Crippen LogP contribution in [0.1, 0.15) is 25.7 Å². The first-order valence-electron chi connectivity index (χ1n) is 10.8. The largest absolute Gasteiger partial charge is 0.492 e. The van der Waals surface area contributed by atoms with Gasteiger partial charge < -0.3 is 10.1 Å². The molecule has 0 aliphatic carbocycles. The number of piperidine rings is 1. The number of hydrogen-bond acceptors (Lipinski definition) is 6. The summed E-state index contributed by atoms with van der Waals surface area (Å²) in [5.74, 6) is -0.0756. The van der Waals surface area contributed by atoms with Gasteiger partial charge in [0.2, 0.25) is 15.9 Å². The number of ether oxygens (including phenoxy) is 1. The topological polar surface area (TPSA) is 116 Å². The zero-order valence-corrected chi connectivity index (χ0v) is 20.2. The minimum Gasteiger partial charge on any atom is -0.492 e. The molecule has 3 rings (SSSR count). The van der Waals surface area contributed by atoms with E-state index in [2.05, 4.69) is 5.32 Å². The molecule has 0 aromatic heterocycles. The number of benzene rings is 1. The zero-order valence-electron chi connectivity index (χ0n) is 18.6. The van der Waals surface area contributed by atoms with Crippen LogP contribution in [-0.2, 0) is 25.0 Å². The third-order valence-electron chi connectivity index (χ3n) is 5.74. The Morgan fingerprint density at radius 1 is 1.03 bits per heavy atom. The van der Waals surface area contributed by atoms with Crippen molar-refractivity contribution in [3.05, 3.63) is 24.3 Å². The molecule has 12 heteroatoms. The Kier molecular flexibility index (Phi) is 8.15. The molecule has 1 amide bonds. The average Bonchev–Trinajstić information content (AvgIpc) is 3.33. The van der Waals surface area contributed by atoms with Gasteiger partial charge in [-0.05, 0) is 49.9 Å². The predicted octanol–water partition coefficient (Wildman–Crippen LogP) is 0.485. The van der Waals surface area contributed by atoms with Gasteiger partial charge in [-0.3, -0.25) is 4.79 Å². The van der Waals surface area contributed by atoms with Crippen molar-refractivity contribution in [2.24, 2.45) is 5.92 Å². The lowest BCUT2D eigenvalue weighted by molar-refractivity contribution is -0.126. The molecular weight excluding hydrogens is 456 g/mol. The number of nitrogens with zero attached hydrogens (tertiary/aromatic N) is 3. The second-order valence-corrected chi connectivity index (χ2v) is 12.3. The summed E-state index contributed by atoms with van der Waals surface area (Å²) >= 11 is 0. The molecule has 0 unspecified atom stereocenters. The van der Waals surface area contributed by atoms with E-state index in [1.807, 2.05) is 0 Å². The highest BCUT2D eigenvalue weighted by Gasteiger charge is 2.33. The van der Waals surface area contributed by atoms with Crippen LogP contribution in [0, 0.1) is 5.92 Å². The van der Waals surface area contributed by atoms with Crippen molar-refractivity contribution in [2.45, 2.75) is 30.6 Å². The Hall–Kier alpha value is -1.73. The molecule has 2 saturated heterocycles. The molecule has 1 atom stereocenters. The number of carbonyl (C=O) groups excluding carboxylic acids is 1. The van der Waals surface area contributed by atoms with Crippen molar-refractivity contribution in [1.29, 1.82) is 0 Å². The van der Waals surface area contributed by atoms with Crippen LogP contribution in [0.25, 0.3) is 0 Å². The van der Waals surface area contributed by atoms with Gasteiger partial charge in [-0.15, -0.1) is 0 Å². The van der Waals surface area contributed by atoms with E-state index in [1.165, 1.54) is 34.8 Å². The van der Waals surface area contributed by atoms with E-state index in [0.29, 0.717) is 38.2 Å². The van der Waals surface area contributed by atoms with Gasteiger partial charge in [0, 0.05) is 40.3 Å².